The van der Waals surface area contributed by atoms with Gasteiger partial charge in [0.15, 0.2) is 5.69 Å². The number of carboxylic acids is 1. The fourth-order valence-electron chi connectivity index (χ4n) is 2.67. The number of carboxylic acid groups (broad SMARTS) is 1. The first-order chi connectivity index (χ1) is 9.91. The molecule has 1 fully saturated rings. The SMILES string of the molecule is CC1(C)C(O)CC1Nc1c(C(=O)O)nnc2ccccc12. The molecule has 1 aliphatic rings. The van der Waals surface area contributed by atoms with Crippen LogP contribution in [0.5, 0.6) is 0 Å². The third-order valence-electron chi connectivity index (χ3n) is 4.40. The first-order valence-corrected chi connectivity index (χ1v) is 6.84. The molecule has 110 valence electrons. The van der Waals surface area contributed by atoms with Crippen LogP contribution in [0.2, 0.25) is 0 Å². The van der Waals surface area contributed by atoms with E-state index in [4.69, 9.17) is 0 Å². The molecular weight excluding hydrogens is 270 g/mol. The van der Waals surface area contributed by atoms with Crippen molar-refractivity contribution in [2.45, 2.75) is 32.4 Å². The summed E-state index contributed by atoms with van der Waals surface area (Å²) < 4.78 is 0. The van der Waals surface area contributed by atoms with Crippen molar-refractivity contribution in [3.63, 3.8) is 0 Å². The van der Waals surface area contributed by atoms with Crippen LogP contribution in [0.4, 0.5) is 5.69 Å². The molecule has 1 heterocycles. The molecule has 21 heavy (non-hydrogen) atoms. The second kappa shape index (κ2) is 4.66. The molecule has 1 aliphatic carbocycles. The summed E-state index contributed by atoms with van der Waals surface area (Å²) >= 11 is 0. The molecule has 2 aromatic rings. The van der Waals surface area contributed by atoms with Crippen LogP contribution in [0.25, 0.3) is 10.9 Å². The molecule has 6 nitrogen and oxygen atoms in total. The molecular formula is C15H17N3O3. The standard InChI is InChI=1S/C15H17N3O3/c1-15(2)10(7-11(15)19)16-12-8-5-3-4-6-9(8)17-18-13(12)14(20)21/h3-6,10-11,19H,7H2,1-2H3,(H,16,17)(H,20,21). The summed E-state index contributed by atoms with van der Waals surface area (Å²) in [6, 6.07) is 7.28. The number of carbonyl (C=O) groups is 1. The highest BCUT2D eigenvalue weighted by atomic mass is 16.4. The number of rotatable bonds is 3. The summed E-state index contributed by atoms with van der Waals surface area (Å²) in [5.74, 6) is -1.12. The van der Waals surface area contributed by atoms with Gasteiger partial charge in [0.2, 0.25) is 0 Å². The van der Waals surface area contributed by atoms with E-state index in [9.17, 15) is 15.0 Å². The van der Waals surface area contributed by atoms with Crippen molar-refractivity contribution in [1.29, 1.82) is 0 Å². The minimum Gasteiger partial charge on any atom is -0.476 e. The molecule has 0 radical (unpaired) electrons. The molecule has 0 bridgehead atoms. The molecule has 6 heteroatoms. The maximum atomic E-state index is 11.4. The summed E-state index contributed by atoms with van der Waals surface area (Å²) in [6.07, 6.45) is 0.201. The van der Waals surface area contributed by atoms with Crippen molar-refractivity contribution in [2.75, 3.05) is 5.32 Å². The number of hydrogen-bond acceptors (Lipinski definition) is 5. The number of hydrogen-bond donors (Lipinski definition) is 3. The van der Waals surface area contributed by atoms with E-state index in [0.717, 1.165) is 5.39 Å². The van der Waals surface area contributed by atoms with Gasteiger partial charge in [-0.3, -0.25) is 0 Å². The summed E-state index contributed by atoms with van der Waals surface area (Å²) in [4.78, 5) is 11.4. The Morgan fingerprint density at radius 1 is 1.33 bits per heavy atom. The van der Waals surface area contributed by atoms with E-state index in [1.807, 2.05) is 32.0 Å². The van der Waals surface area contributed by atoms with Crippen LogP contribution in [-0.4, -0.2) is 38.5 Å². The van der Waals surface area contributed by atoms with E-state index in [-0.39, 0.29) is 23.3 Å². The maximum absolute atomic E-state index is 11.4. The van der Waals surface area contributed by atoms with Crippen LogP contribution in [0.3, 0.4) is 0 Å². The van der Waals surface area contributed by atoms with Gasteiger partial charge in [-0.05, 0) is 12.5 Å². The van der Waals surface area contributed by atoms with Crippen molar-refractivity contribution in [3.8, 4) is 0 Å². The fourth-order valence-corrected chi connectivity index (χ4v) is 2.67. The quantitative estimate of drug-likeness (QED) is 0.798. The first-order valence-electron chi connectivity index (χ1n) is 6.84. The summed E-state index contributed by atoms with van der Waals surface area (Å²) in [6.45, 7) is 3.91. The lowest BCUT2D eigenvalue weighted by atomic mass is 9.64. The Balaban J connectivity index is 2.07. The van der Waals surface area contributed by atoms with E-state index in [0.29, 0.717) is 17.6 Å². The summed E-state index contributed by atoms with van der Waals surface area (Å²) in [5.41, 5.74) is 0.715. The van der Waals surface area contributed by atoms with Crippen molar-refractivity contribution in [1.82, 2.24) is 10.2 Å². The average molecular weight is 287 g/mol. The second-order valence-electron chi connectivity index (χ2n) is 6.02. The van der Waals surface area contributed by atoms with Crippen LogP contribution in [0.15, 0.2) is 24.3 Å². The van der Waals surface area contributed by atoms with Gasteiger partial charge < -0.3 is 15.5 Å². The first kappa shape index (κ1) is 13.8. The van der Waals surface area contributed by atoms with Crippen LogP contribution >= 0.6 is 0 Å². The highest BCUT2D eigenvalue weighted by molar-refractivity contribution is 6.02. The van der Waals surface area contributed by atoms with Gasteiger partial charge >= 0.3 is 5.97 Å². The zero-order valence-corrected chi connectivity index (χ0v) is 11.9. The van der Waals surface area contributed by atoms with Crippen molar-refractivity contribution in [2.24, 2.45) is 5.41 Å². The predicted octanol–water partition coefficient (Wildman–Crippen LogP) is 1.90. The van der Waals surface area contributed by atoms with Crippen LogP contribution < -0.4 is 5.32 Å². The molecule has 3 N–H and O–H groups in total. The zero-order chi connectivity index (χ0) is 15.2. The molecule has 0 saturated heterocycles. The molecule has 1 aromatic carbocycles. The number of anilines is 1. The maximum Gasteiger partial charge on any atom is 0.358 e. The van der Waals surface area contributed by atoms with Crippen molar-refractivity contribution < 1.29 is 15.0 Å². The van der Waals surface area contributed by atoms with E-state index in [1.165, 1.54) is 0 Å². The van der Waals surface area contributed by atoms with E-state index in [1.54, 1.807) is 6.07 Å². The van der Waals surface area contributed by atoms with Gasteiger partial charge in [0.25, 0.3) is 0 Å². The Kier molecular flexibility index (Phi) is 3.06. The number of nitrogens with one attached hydrogen (secondary N) is 1. The van der Waals surface area contributed by atoms with Gasteiger partial charge in [-0.25, -0.2) is 4.79 Å². The third-order valence-corrected chi connectivity index (χ3v) is 4.40. The lowest BCUT2D eigenvalue weighted by Gasteiger charge is -2.50. The van der Waals surface area contributed by atoms with Gasteiger partial charge in [-0.15, -0.1) is 10.2 Å². The highest BCUT2D eigenvalue weighted by Gasteiger charge is 2.47. The summed E-state index contributed by atoms with van der Waals surface area (Å²) in [7, 11) is 0. The number of aromatic nitrogens is 2. The molecule has 2 unspecified atom stereocenters. The Morgan fingerprint density at radius 3 is 2.67 bits per heavy atom. The molecule has 1 aromatic heterocycles. The van der Waals surface area contributed by atoms with Crippen molar-refractivity contribution >= 4 is 22.6 Å². The van der Waals surface area contributed by atoms with E-state index < -0.39 is 5.97 Å². The number of nitrogens with zero attached hydrogens (tertiary/aromatic N) is 2. The Labute approximate surface area is 121 Å². The third kappa shape index (κ3) is 2.12. The highest BCUT2D eigenvalue weighted by Crippen LogP contribution is 2.43. The summed E-state index contributed by atoms with van der Waals surface area (Å²) in [5, 5.41) is 30.9. The number of aliphatic hydroxyl groups excluding tert-OH is 1. The normalized spacial score (nSPS) is 23.6. The monoisotopic (exact) mass is 287 g/mol. The fraction of sp³-hybridized carbons (Fsp3) is 0.400. The Morgan fingerprint density at radius 2 is 2.05 bits per heavy atom. The van der Waals surface area contributed by atoms with Crippen LogP contribution in [-0.2, 0) is 0 Å². The number of benzene rings is 1. The zero-order valence-electron chi connectivity index (χ0n) is 11.9. The lowest BCUT2D eigenvalue weighted by Crippen LogP contribution is -2.57. The molecule has 2 atom stereocenters. The molecule has 1 saturated carbocycles. The largest absolute Gasteiger partial charge is 0.476 e. The predicted molar refractivity (Wildman–Crippen MR) is 78.3 cm³/mol. The van der Waals surface area contributed by atoms with Gasteiger partial charge in [-0.1, -0.05) is 32.0 Å². The number of fused-ring (bicyclic) bond motifs is 1. The van der Waals surface area contributed by atoms with E-state index in [2.05, 4.69) is 15.5 Å². The van der Waals surface area contributed by atoms with E-state index >= 15 is 0 Å². The van der Waals surface area contributed by atoms with Gasteiger partial charge in [0.1, 0.15) is 0 Å². The number of aromatic carboxylic acids is 1. The molecule has 3 rings (SSSR count). The Hall–Kier alpha value is -2.21. The number of aliphatic hydroxyl groups is 1. The average Bonchev–Trinajstić information content (AvgIpc) is 2.46. The lowest BCUT2D eigenvalue weighted by molar-refractivity contribution is -0.0510. The minimum atomic E-state index is -1.12. The smallest absolute Gasteiger partial charge is 0.358 e. The van der Waals surface area contributed by atoms with Crippen molar-refractivity contribution in [3.05, 3.63) is 30.0 Å². The molecule has 0 amide bonds. The van der Waals surface area contributed by atoms with Gasteiger partial charge in [0, 0.05) is 16.8 Å². The molecule has 0 aliphatic heterocycles. The van der Waals surface area contributed by atoms with Crippen LogP contribution in [0.1, 0.15) is 30.8 Å². The van der Waals surface area contributed by atoms with Gasteiger partial charge in [-0.2, -0.15) is 0 Å². The molecule has 0 spiro atoms. The Bertz CT molecular complexity index is 714. The van der Waals surface area contributed by atoms with Gasteiger partial charge in [0.05, 0.1) is 17.3 Å². The second-order valence-corrected chi connectivity index (χ2v) is 6.02. The van der Waals surface area contributed by atoms with Crippen LogP contribution in [0, 0.1) is 5.41 Å². The minimum absolute atomic E-state index is 0.00166. The topological polar surface area (TPSA) is 95.3 Å².